The Morgan fingerprint density at radius 2 is 2.15 bits per heavy atom. The van der Waals surface area contributed by atoms with Gasteiger partial charge in [0, 0.05) is 12.0 Å². The molecule has 0 bridgehead atoms. The smallest absolute Gasteiger partial charge is 0.362 e. The number of alkyl halides is 3. The Morgan fingerprint density at radius 1 is 1.40 bits per heavy atom. The number of carbonyl (C=O) groups excluding carboxylic acids is 1. The molecule has 0 unspecified atom stereocenters. The molecule has 1 aromatic rings. The second-order valence-corrected chi connectivity index (χ2v) is 4.68. The maximum atomic E-state index is 13.0. The van der Waals surface area contributed by atoms with Crippen LogP contribution >= 0.6 is 0 Å². The maximum Gasteiger partial charge on any atom is 0.411 e. The second kappa shape index (κ2) is 5.78. The zero-order valence-electron chi connectivity index (χ0n) is 10.4. The topological polar surface area (TPSA) is 38.3 Å². The first-order valence-electron chi connectivity index (χ1n) is 6.04. The van der Waals surface area contributed by atoms with E-state index in [9.17, 15) is 22.4 Å². The van der Waals surface area contributed by atoms with Crippen molar-refractivity contribution in [1.82, 2.24) is 5.32 Å². The average Bonchev–Trinajstić information content (AvgIpc) is 3.06. The first kappa shape index (κ1) is 14.8. The molecule has 20 heavy (non-hydrogen) atoms. The Hall–Kier alpha value is -1.63. The molecule has 1 N–H and O–H groups in total. The minimum atomic E-state index is -4.44. The van der Waals surface area contributed by atoms with E-state index in [2.05, 4.69) is 10.1 Å². The monoisotopic (exact) mass is 291 g/mol. The molecule has 0 heterocycles. The summed E-state index contributed by atoms with van der Waals surface area (Å²) in [5.74, 6) is -0.941. The average molecular weight is 291 g/mol. The van der Waals surface area contributed by atoms with Gasteiger partial charge in [-0.25, -0.2) is 4.39 Å². The number of hydrogen-bond donors (Lipinski definition) is 1. The summed E-state index contributed by atoms with van der Waals surface area (Å²) in [4.78, 5) is 11.3. The van der Waals surface area contributed by atoms with Gasteiger partial charge >= 0.3 is 6.18 Å². The van der Waals surface area contributed by atoms with E-state index in [0.717, 1.165) is 5.56 Å². The molecule has 0 radical (unpaired) electrons. The summed E-state index contributed by atoms with van der Waals surface area (Å²) in [7, 11) is 0. The van der Waals surface area contributed by atoms with Crippen molar-refractivity contribution < 1.29 is 27.1 Å². The molecule has 7 heteroatoms. The van der Waals surface area contributed by atoms with Gasteiger partial charge in [0.25, 0.3) is 0 Å². The van der Waals surface area contributed by atoms with Crippen LogP contribution in [0.3, 0.4) is 0 Å². The van der Waals surface area contributed by atoms with E-state index in [1.807, 2.05) is 0 Å². The fourth-order valence-corrected chi connectivity index (χ4v) is 1.97. The highest BCUT2D eigenvalue weighted by Crippen LogP contribution is 2.40. The van der Waals surface area contributed by atoms with Crippen LogP contribution in [0.5, 0.6) is 0 Å². The lowest BCUT2D eigenvalue weighted by Crippen LogP contribution is -2.32. The molecule has 1 amide bonds. The molecule has 0 saturated heterocycles. The summed E-state index contributed by atoms with van der Waals surface area (Å²) < 4.78 is 52.7. The Kier molecular flexibility index (Phi) is 4.27. The predicted octanol–water partition coefficient (Wildman–Crippen LogP) is 2.38. The lowest BCUT2D eigenvalue weighted by molar-refractivity contribution is -0.175. The summed E-state index contributed by atoms with van der Waals surface area (Å²) in [6.07, 6.45) is -3.79. The van der Waals surface area contributed by atoms with Crippen LogP contribution in [0.15, 0.2) is 24.3 Å². The van der Waals surface area contributed by atoms with Gasteiger partial charge in [0.1, 0.15) is 19.0 Å². The Bertz CT molecular complexity index is 490. The van der Waals surface area contributed by atoms with Crippen LogP contribution in [0, 0.1) is 5.82 Å². The van der Waals surface area contributed by atoms with E-state index in [1.54, 1.807) is 12.1 Å². The quantitative estimate of drug-likeness (QED) is 0.846. The van der Waals surface area contributed by atoms with Gasteiger partial charge in [0.15, 0.2) is 0 Å². The summed E-state index contributed by atoms with van der Waals surface area (Å²) >= 11 is 0. The van der Waals surface area contributed by atoms with Gasteiger partial charge < -0.3 is 10.1 Å². The largest absolute Gasteiger partial charge is 0.411 e. The lowest BCUT2D eigenvalue weighted by Gasteiger charge is -2.08. The maximum absolute atomic E-state index is 13.0. The summed E-state index contributed by atoms with van der Waals surface area (Å²) in [6, 6.07) is 5.87. The van der Waals surface area contributed by atoms with Crippen molar-refractivity contribution in [2.75, 3.05) is 13.2 Å². The zero-order chi connectivity index (χ0) is 14.8. The molecule has 0 aromatic heterocycles. The molecule has 1 saturated carbocycles. The molecule has 110 valence electrons. The highest BCUT2D eigenvalue weighted by atomic mass is 19.4. The van der Waals surface area contributed by atoms with E-state index in [-0.39, 0.29) is 17.8 Å². The molecule has 0 aliphatic heterocycles. The number of nitrogens with one attached hydrogen (secondary N) is 1. The van der Waals surface area contributed by atoms with Crippen molar-refractivity contribution in [2.24, 2.45) is 0 Å². The van der Waals surface area contributed by atoms with Crippen LogP contribution in [0.2, 0.25) is 0 Å². The van der Waals surface area contributed by atoms with Gasteiger partial charge in [-0.05, 0) is 24.1 Å². The zero-order valence-corrected chi connectivity index (χ0v) is 10.4. The standard InChI is InChI=1S/C13H13F4NO2/c14-9-3-1-2-8(4-9)10-5-11(10)18-12(19)6-20-7-13(15,16)17/h1-4,10-11H,5-7H2,(H,18,19)/t10-,11+/m0/s1. The first-order chi connectivity index (χ1) is 9.35. The molecular weight excluding hydrogens is 278 g/mol. The highest BCUT2D eigenvalue weighted by molar-refractivity contribution is 5.78. The Morgan fingerprint density at radius 3 is 2.80 bits per heavy atom. The Balaban J connectivity index is 1.72. The number of benzene rings is 1. The van der Waals surface area contributed by atoms with Crippen molar-refractivity contribution >= 4 is 5.91 Å². The molecule has 1 aromatic carbocycles. The van der Waals surface area contributed by atoms with Crippen LogP contribution in [0.1, 0.15) is 17.9 Å². The Labute approximate surface area is 112 Å². The van der Waals surface area contributed by atoms with Gasteiger partial charge in [0.05, 0.1) is 0 Å². The second-order valence-electron chi connectivity index (χ2n) is 4.68. The fraction of sp³-hybridized carbons (Fsp3) is 0.462. The molecule has 3 nitrogen and oxygen atoms in total. The summed E-state index contributed by atoms with van der Waals surface area (Å²) in [5, 5.41) is 2.55. The van der Waals surface area contributed by atoms with Crippen LogP contribution in [0.4, 0.5) is 17.6 Å². The van der Waals surface area contributed by atoms with E-state index in [0.29, 0.717) is 6.42 Å². The van der Waals surface area contributed by atoms with Crippen molar-refractivity contribution in [3.63, 3.8) is 0 Å². The van der Waals surface area contributed by atoms with Crippen molar-refractivity contribution in [2.45, 2.75) is 24.6 Å². The van der Waals surface area contributed by atoms with Crippen molar-refractivity contribution in [1.29, 1.82) is 0 Å². The molecule has 1 aliphatic carbocycles. The minimum Gasteiger partial charge on any atom is -0.362 e. The van der Waals surface area contributed by atoms with Gasteiger partial charge in [0.2, 0.25) is 5.91 Å². The minimum absolute atomic E-state index is 0.0114. The number of hydrogen-bond acceptors (Lipinski definition) is 2. The number of ether oxygens (including phenoxy) is 1. The number of halogens is 4. The van der Waals surface area contributed by atoms with E-state index >= 15 is 0 Å². The van der Waals surface area contributed by atoms with Crippen LogP contribution in [-0.4, -0.2) is 31.3 Å². The van der Waals surface area contributed by atoms with Crippen molar-refractivity contribution in [3.8, 4) is 0 Å². The third kappa shape index (κ3) is 4.48. The molecule has 1 fully saturated rings. The molecule has 2 rings (SSSR count). The fourth-order valence-electron chi connectivity index (χ4n) is 1.97. The predicted molar refractivity (Wildman–Crippen MR) is 62.6 cm³/mol. The lowest BCUT2D eigenvalue weighted by atomic mass is 10.1. The molecular formula is C13H13F4NO2. The molecule has 0 spiro atoms. The summed E-state index contributed by atoms with van der Waals surface area (Å²) in [6.45, 7) is -2.08. The normalized spacial score (nSPS) is 21.6. The molecule has 1 aliphatic rings. The third-order valence-corrected chi connectivity index (χ3v) is 2.91. The van der Waals surface area contributed by atoms with Crippen molar-refractivity contribution in [3.05, 3.63) is 35.6 Å². The highest BCUT2D eigenvalue weighted by Gasteiger charge is 2.39. The van der Waals surface area contributed by atoms with Crippen LogP contribution < -0.4 is 5.32 Å². The first-order valence-corrected chi connectivity index (χ1v) is 6.04. The third-order valence-electron chi connectivity index (χ3n) is 2.91. The van der Waals surface area contributed by atoms with Gasteiger partial charge in [-0.2, -0.15) is 13.2 Å². The van der Waals surface area contributed by atoms with Gasteiger partial charge in [-0.1, -0.05) is 12.1 Å². The van der Waals surface area contributed by atoms with Crippen LogP contribution in [0.25, 0.3) is 0 Å². The van der Waals surface area contributed by atoms with Gasteiger partial charge in [-0.3, -0.25) is 4.79 Å². The molecule has 2 atom stereocenters. The number of carbonyl (C=O) groups is 1. The van der Waals surface area contributed by atoms with E-state index in [4.69, 9.17) is 0 Å². The number of rotatable bonds is 5. The SMILES string of the molecule is O=C(COCC(F)(F)F)N[C@@H]1C[C@H]1c1cccc(F)c1. The van der Waals surface area contributed by atoms with Gasteiger partial charge in [-0.15, -0.1) is 0 Å². The van der Waals surface area contributed by atoms with E-state index < -0.39 is 25.3 Å². The summed E-state index contributed by atoms with van der Waals surface area (Å²) in [5.41, 5.74) is 0.770. The van der Waals surface area contributed by atoms with E-state index in [1.165, 1.54) is 12.1 Å². The number of amides is 1. The van der Waals surface area contributed by atoms with Crippen LogP contribution in [-0.2, 0) is 9.53 Å².